The van der Waals surface area contributed by atoms with Gasteiger partial charge in [0, 0.05) is 5.02 Å². The Bertz CT molecular complexity index is 976. The summed E-state index contributed by atoms with van der Waals surface area (Å²) < 4.78 is 11.6. The number of ether oxygens (including phenoxy) is 2. The lowest BCUT2D eigenvalue weighted by atomic mass is 10.2. The first-order valence-corrected chi connectivity index (χ1v) is 10.2. The van der Waals surface area contributed by atoms with E-state index in [1.54, 1.807) is 20.3 Å². The van der Waals surface area contributed by atoms with Crippen molar-refractivity contribution in [1.82, 2.24) is 5.32 Å². The van der Waals surface area contributed by atoms with E-state index in [4.69, 9.17) is 21.1 Å². The number of amidine groups is 1. The highest BCUT2D eigenvalue weighted by Gasteiger charge is 2.24. The molecule has 5 nitrogen and oxygen atoms in total. The van der Waals surface area contributed by atoms with Gasteiger partial charge in [-0.15, -0.1) is 0 Å². The Morgan fingerprint density at radius 3 is 2.74 bits per heavy atom. The lowest BCUT2D eigenvalue weighted by Crippen LogP contribution is -2.19. The van der Waals surface area contributed by atoms with Crippen LogP contribution in [0.1, 0.15) is 11.1 Å². The minimum Gasteiger partial charge on any atom is -0.493 e. The number of hydrogen-bond acceptors (Lipinski definition) is 5. The van der Waals surface area contributed by atoms with Gasteiger partial charge in [0.25, 0.3) is 5.91 Å². The van der Waals surface area contributed by atoms with Crippen molar-refractivity contribution in [2.45, 2.75) is 6.92 Å². The van der Waals surface area contributed by atoms with Crippen LogP contribution < -0.4 is 14.8 Å². The zero-order chi connectivity index (χ0) is 19.6. The zero-order valence-electron chi connectivity index (χ0n) is 14.8. The van der Waals surface area contributed by atoms with Crippen LogP contribution >= 0.6 is 46.0 Å². The highest BCUT2D eigenvalue weighted by atomic mass is 127. The number of thioether (sulfide) groups is 1. The van der Waals surface area contributed by atoms with Gasteiger partial charge in [0.2, 0.25) is 0 Å². The molecule has 0 aliphatic carbocycles. The summed E-state index contributed by atoms with van der Waals surface area (Å²) >= 11 is 9.59. The summed E-state index contributed by atoms with van der Waals surface area (Å²) in [6.45, 7) is 1.89. The van der Waals surface area contributed by atoms with Gasteiger partial charge >= 0.3 is 0 Å². The molecule has 0 atom stereocenters. The zero-order valence-corrected chi connectivity index (χ0v) is 18.5. The first kappa shape index (κ1) is 20.0. The van der Waals surface area contributed by atoms with Gasteiger partial charge in [-0.3, -0.25) is 4.79 Å². The fourth-order valence-electron chi connectivity index (χ4n) is 2.48. The van der Waals surface area contributed by atoms with Crippen molar-refractivity contribution >= 4 is 68.8 Å². The van der Waals surface area contributed by atoms with Crippen LogP contribution in [-0.2, 0) is 4.79 Å². The number of rotatable bonds is 4. The van der Waals surface area contributed by atoms with E-state index in [0.717, 1.165) is 20.4 Å². The number of hydrogen-bond donors (Lipinski definition) is 1. The largest absolute Gasteiger partial charge is 0.493 e. The standard InChI is InChI=1S/C19H16ClIN2O3S/c1-10-12(20)5-4-6-14(10)22-19-23-18(24)16(27-19)9-11-7-13(21)17(26-3)15(8-11)25-2/h4-9H,1-3H3,(H,22,23,24)/b16-9-. The minimum absolute atomic E-state index is 0.191. The number of halogens is 2. The Morgan fingerprint density at radius 1 is 1.26 bits per heavy atom. The van der Waals surface area contributed by atoms with Crippen molar-refractivity contribution in [3.63, 3.8) is 0 Å². The lowest BCUT2D eigenvalue weighted by Gasteiger charge is -2.10. The first-order chi connectivity index (χ1) is 12.9. The highest BCUT2D eigenvalue weighted by Crippen LogP contribution is 2.36. The Morgan fingerprint density at radius 2 is 2.04 bits per heavy atom. The fraction of sp³-hybridized carbons (Fsp3) is 0.158. The molecule has 0 aromatic heterocycles. The summed E-state index contributed by atoms with van der Waals surface area (Å²) in [5.74, 6) is 1.09. The summed E-state index contributed by atoms with van der Waals surface area (Å²) in [5, 5.41) is 3.95. The van der Waals surface area contributed by atoms with E-state index in [-0.39, 0.29) is 5.91 Å². The fourth-order valence-corrected chi connectivity index (χ4v) is 4.33. The number of nitrogens with one attached hydrogen (secondary N) is 1. The molecule has 0 saturated carbocycles. The van der Waals surface area contributed by atoms with E-state index < -0.39 is 0 Å². The molecule has 140 valence electrons. The normalized spacial score (nSPS) is 16.7. The van der Waals surface area contributed by atoms with Gasteiger partial charge in [-0.1, -0.05) is 17.7 Å². The van der Waals surface area contributed by atoms with Gasteiger partial charge in [0.05, 0.1) is 28.4 Å². The molecule has 1 N–H and O–H groups in total. The van der Waals surface area contributed by atoms with Crippen LogP contribution in [0.15, 0.2) is 40.2 Å². The van der Waals surface area contributed by atoms with E-state index in [0.29, 0.717) is 26.6 Å². The molecule has 1 amide bonds. The number of benzene rings is 2. The molecule has 0 spiro atoms. The number of carbonyl (C=O) groups is 1. The second-order valence-corrected chi connectivity index (χ2v) is 8.20. The number of aliphatic imine (C=N–C) groups is 1. The van der Waals surface area contributed by atoms with Crippen LogP contribution in [0.2, 0.25) is 5.02 Å². The molecule has 0 bridgehead atoms. The number of carbonyl (C=O) groups excluding carboxylic acids is 1. The van der Waals surface area contributed by atoms with Gasteiger partial charge in [0.15, 0.2) is 16.7 Å². The van der Waals surface area contributed by atoms with Gasteiger partial charge in [0.1, 0.15) is 0 Å². The first-order valence-electron chi connectivity index (χ1n) is 7.89. The maximum absolute atomic E-state index is 12.3. The molecular formula is C19H16ClIN2O3S. The van der Waals surface area contributed by atoms with Gasteiger partial charge < -0.3 is 14.8 Å². The third-order valence-electron chi connectivity index (χ3n) is 3.87. The van der Waals surface area contributed by atoms with Crippen molar-refractivity contribution in [3.05, 3.63) is 55.0 Å². The van der Waals surface area contributed by atoms with Crippen molar-refractivity contribution in [3.8, 4) is 11.5 Å². The molecule has 1 heterocycles. The molecule has 0 radical (unpaired) electrons. The predicted octanol–water partition coefficient (Wildman–Crippen LogP) is 5.16. The Balaban J connectivity index is 1.91. The Kier molecular flexibility index (Phi) is 6.33. The third-order valence-corrected chi connectivity index (χ3v) is 5.99. The molecule has 1 fully saturated rings. The number of amides is 1. The predicted molar refractivity (Wildman–Crippen MR) is 119 cm³/mol. The van der Waals surface area contributed by atoms with Crippen molar-refractivity contribution < 1.29 is 14.3 Å². The Labute approximate surface area is 180 Å². The molecule has 3 rings (SSSR count). The van der Waals surface area contributed by atoms with E-state index >= 15 is 0 Å². The van der Waals surface area contributed by atoms with E-state index in [1.165, 1.54) is 11.8 Å². The van der Waals surface area contributed by atoms with Crippen LogP contribution in [0.5, 0.6) is 11.5 Å². The molecule has 8 heteroatoms. The smallest absolute Gasteiger partial charge is 0.264 e. The molecular weight excluding hydrogens is 499 g/mol. The van der Waals surface area contributed by atoms with E-state index in [2.05, 4.69) is 32.9 Å². The maximum Gasteiger partial charge on any atom is 0.264 e. The van der Waals surface area contributed by atoms with Crippen LogP contribution in [0, 0.1) is 10.5 Å². The van der Waals surface area contributed by atoms with Crippen molar-refractivity contribution in [2.24, 2.45) is 4.99 Å². The van der Waals surface area contributed by atoms with Crippen LogP contribution in [0.4, 0.5) is 5.69 Å². The SMILES string of the molecule is COc1cc(/C=C2\SC(=Nc3cccc(Cl)c3C)NC2=O)cc(I)c1OC. The van der Waals surface area contributed by atoms with Crippen LogP contribution in [0.3, 0.4) is 0 Å². The Hall–Kier alpha value is -1.71. The molecule has 2 aromatic carbocycles. The quantitative estimate of drug-likeness (QED) is 0.452. The van der Waals surface area contributed by atoms with Crippen molar-refractivity contribution in [2.75, 3.05) is 14.2 Å². The van der Waals surface area contributed by atoms with Gasteiger partial charge in [-0.2, -0.15) is 0 Å². The van der Waals surface area contributed by atoms with Gasteiger partial charge in [-0.25, -0.2) is 4.99 Å². The average molecular weight is 515 g/mol. The summed E-state index contributed by atoms with van der Waals surface area (Å²) in [4.78, 5) is 17.4. The molecule has 2 aromatic rings. The second-order valence-electron chi connectivity index (χ2n) is 5.60. The summed E-state index contributed by atoms with van der Waals surface area (Å²) in [6.07, 6.45) is 1.80. The molecule has 27 heavy (non-hydrogen) atoms. The molecule has 1 saturated heterocycles. The summed E-state index contributed by atoms with van der Waals surface area (Å²) in [6, 6.07) is 9.26. The van der Waals surface area contributed by atoms with Gasteiger partial charge in [-0.05, 0) is 82.7 Å². The number of nitrogens with zero attached hydrogens (tertiary/aromatic N) is 1. The topological polar surface area (TPSA) is 59.9 Å². The van der Waals surface area contributed by atoms with Crippen LogP contribution in [0.25, 0.3) is 6.08 Å². The molecule has 1 aliphatic heterocycles. The highest BCUT2D eigenvalue weighted by molar-refractivity contribution is 14.1. The van der Waals surface area contributed by atoms with E-state index in [1.807, 2.05) is 37.3 Å². The lowest BCUT2D eigenvalue weighted by molar-refractivity contribution is -0.115. The summed E-state index contributed by atoms with van der Waals surface area (Å²) in [7, 11) is 3.18. The monoisotopic (exact) mass is 514 g/mol. The number of methoxy groups -OCH3 is 2. The minimum atomic E-state index is -0.191. The van der Waals surface area contributed by atoms with Crippen molar-refractivity contribution in [1.29, 1.82) is 0 Å². The van der Waals surface area contributed by atoms with Crippen LogP contribution in [-0.4, -0.2) is 25.3 Å². The second kappa shape index (κ2) is 8.53. The molecule has 1 aliphatic rings. The third kappa shape index (κ3) is 4.41. The van der Waals surface area contributed by atoms with E-state index in [9.17, 15) is 4.79 Å². The molecule has 0 unspecified atom stereocenters. The average Bonchev–Trinajstić information content (AvgIpc) is 2.97. The summed E-state index contributed by atoms with van der Waals surface area (Å²) in [5.41, 5.74) is 2.44. The maximum atomic E-state index is 12.3.